The van der Waals surface area contributed by atoms with Gasteiger partial charge in [0.2, 0.25) is 0 Å². The van der Waals surface area contributed by atoms with Gasteiger partial charge in [-0.25, -0.2) is 0 Å². The van der Waals surface area contributed by atoms with Crippen molar-refractivity contribution in [3.63, 3.8) is 0 Å². The fourth-order valence-corrected chi connectivity index (χ4v) is 1.37. The van der Waals surface area contributed by atoms with Crippen molar-refractivity contribution in [3.8, 4) is 0 Å². The molecule has 0 radical (unpaired) electrons. The fourth-order valence-electron chi connectivity index (χ4n) is 1.37. The Morgan fingerprint density at radius 1 is 1.60 bits per heavy atom. The fraction of sp³-hybridized carbons (Fsp3) is 0.400. The predicted molar refractivity (Wildman–Crippen MR) is 55.0 cm³/mol. The Bertz CT molecular complexity index is 407. The molecule has 0 saturated carbocycles. The Morgan fingerprint density at radius 2 is 2.47 bits per heavy atom. The van der Waals surface area contributed by atoms with Crippen LogP contribution in [0, 0.1) is 0 Å². The van der Waals surface area contributed by atoms with Crippen LogP contribution in [0.3, 0.4) is 0 Å². The van der Waals surface area contributed by atoms with Crippen LogP contribution in [0.2, 0.25) is 0 Å². The van der Waals surface area contributed by atoms with Gasteiger partial charge in [-0.1, -0.05) is 5.21 Å². The maximum absolute atomic E-state index is 5.29. The molecule has 1 N–H and O–H groups in total. The minimum atomic E-state index is 0.182. The maximum atomic E-state index is 5.29. The van der Waals surface area contributed by atoms with Crippen molar-refractivity contribution in [2.45, 2.75) is 19.5 Å². The van der Waals surface area contributed by atoms with Gasteiger partial charge >= 0.3 is 0 Å². The van der Waals surface area contributed by atoms with E-state index in [1.165, 1.54) is 0 Å². The number of hydrogen-bond donors (Lipinski definition) is 1. The second-order valence-corrected chi connectivity index (χ2v) is 3.50. The van der Waals surface area contributed by atoms with Crippen LogP contribution in [0.1, 0.15) is 24.4 Å². The first-order valence-corrected chi connectivity index (χ1v) is 4.87. The lowest BCUT2D eigenvalue weighted by Crippen LogP contribution is -2.17. The first-order chi connectivity index (χ1) is 7.25. The molecule has 0 fully saturated rings. The molecular formula is C10H14N4O. The second-order valence-electron chi connectivity index (χ2n) is 3.50. The molecule has 0 aromatic carbocycles. The van der Waals surface area contributed by atoms with Gasteiger partial charge in [0.15, 0.2) is 0 Å². The van der Waals surface area contributed by atoms with Gasteiger partial charge in [-0.15, -0.1) is 5.10 Å². The molecule has 80 valence electrons. The highest BCUT2D eigenvalue weighted by Crippen LogP contribution is 2.12. The molecule has 2 heterocycles. The van der Waals surface area contributed by atoms with E-state index in [9.17, 15) is 0 Å². The number of nitrogens with zero attached hydrogens (tertiary/aromatic N) is 3. The van der Waals surface area contributed by atoms with Crippen molar-refractivity contribution in [1.29, 1.82) is 0 Å². The highest BCUT2D eigenvalue weighted by atomic mass is 16.3. The summed E-state index contributed by atoms with van der Waals surface area (Å²) in [5, 5.41) is 11.2. The van der Waals surface area contributed by atoms with Gasteiger partial charge in [-0.3, -0.25) is 4.68 Å². The predicted octanol–water partition coefficient (Wildman–Crippen LogP) is 1.26. The Kier molecular flexibility index (Phi) is 2.82. The molecule has 5 heteroatoms. The molecule has 0 bridgehead atoms. The van der Waals surface area contributed by atoms with Gasteiger partial charge in [0.25, 0.3) is 0 Å². The molecule has 0 aliphatic carbocycles. The lowest BCUT2D eigenvalue weighted by atomic mass is 10.2. The number of rotatable bonds is 4. The molecule has 2 aromatic rings. The maximum Gasteiger partial charge on any atom is 0.120 e. The van der Waals surface area contributed by atoms with E-state index in [-0.39, 0.29) is 6.04 Å². The Morgan fingerprint density at radius 3 is 3.07 bits per heavy atom. The van der Waals surface area contributed by atoms with Crippen LogP contribution in [0.4, 0.5) is 0 Å². The molecule has 2 aromatic heterocycles. The van der Waals surface area contributed by atoms with E-state index >= 15 is 0 Å². The molecule has 5 nitrogen and oxygen atoms in total. The van der Waals surface area contributed by atoms with Gasteiger partial charge in [-0.2, -0.15) is 0 Å². The van der Waals surface area contributed by atoms with E-state index in [1.54, 1.807) is 10.9 Å². The van der Waals surface area contributed by atoms with Gasteiger partial charge in [0.05, 0.1) is 18.0 Å². The average molecular weight is 206 g/mol. The summed E-state index contributed by atoms with van der Waals surface area (Å²) in [4.78, 5) is 0. The SMILES string of the molecule is C[C@@H](NCc1cn(C)nn1)c1ccco1. The summed E-state index contributed by atoms with van der Waals surface area (Å²) in [7, 11) is 1.85. The third-order valence-electron chi connectivity index (χ3n) is 2.21. The van der Waals surface area contributed by atoms with Crippen LogP contribution in [0.25, 0.3) is 0 Å². The highest BCUT2D eigenvalue weighted by Gasteiger charge is 2.07. The molecular weight excluding hydrogens is 192 g/mol. The Labute approximate surface area is 88.1 Å². The van der Waals surface area contributed by atoms with Crippen molar-refractivity contribution in [1.82, 2.24) is 20.3 Å². The topological polar surface area (TPSA) is 55.9 Å². The lowest BCUT2D eigenvalue weighted by Gasteiger charge is -2.08. The normalized spacial score (nSPS) is 12.9. The minimum absolute atomic E-state index is 0.182. The third kappa shape index (κ3) is 2.44. The lowest BCUT2D eigenvalue weighted by molar-refractivity contribution is 0.428. The van der Waals surface area contributed by atoms with Crippen LogP contribution in [-0.4, -0.2) is 15.0 Å². The molecule has 0 amide bonds. The first-order valence-electron chi connectivity index (χ1n) is 4.87. The highest BCUT2D eigenvalue weighted by molar-refractivity contribution is 5.03. The monoisotopic (exact) mass is 206 g/mol. The molecule has 0 saturated heterocycles. The quantitative estimate of drug-likeness (QED) is 0.818. The summed E-state index contributed by atoms with van der Waals surface area (Å²) < 4.78 is 6.97. The van der Waals surface area contributed by atoms with E-state index < -0.39 is 0 Å². The van der Waals surface area contributed by atoms with E-state index in [0.717, 1.165) is 11.5 Å². The van der Waals surface area contributed by atoms with Crippen LogP contribution in [0.15, 0.2) is 29.0 Å². The zero-order valence-corrected chi connectivity index (χ0v) is 8.84. The van der Waals surface area contributed by atoms with Crippen LogP contribution >= 0.6 is 0 Å². The smallest absolute Gasteiger partial charge is 0.120 e. The third-order valence-corrected chi connectivity index (χ3v) is 2.21. The summed E-state index contributed by atoms with van der Waals surface area (Å²) in [6.45, 7) is 2.74. The average Bonchev–Trinajstić information content (AvgIpc) is 2.84. The summed E-state index contributed by atoms with van der Waals surface area (Å²) in [5.74, 6) is 0.930. The number of hydrogen-bond acceptors (Lipinski definition) is 4. The number of aryl methyl sites for hydroxylation is 1. The van der Waals surface area contributed by atoms with E-state index in [4.69, 9.17) is 4.42 Å². The van der Waals surface area contributed by atoms with Crippen molar-refractivity contribution >= 4 is 0 Å². The minimum Gasteiger partial charge on any atom is -0.468 e. The van der Waals surface area contributed by atoms with Gasteiger partial charge < -0.3 is 9.73 Å². The van der Waals surface area contributed by atoms with Crippen molar-refractivity contribution in [2.75, 3.05) is 0 Å². The van der Waals surface area contributed by atoms with Gasteiger partial charge in [-0.05, 0) is 19.1 Å². The van der Waals surface area contributed by atoms with Crippen molar-refractivity contribution < 1.29 is 4.42 Å². The molecule has 0 unspecified atom stereocenters. The van der Waals surface area contributed by atoms with E-state index in [2.05, 4.69) is 22.6 Å². The zero-order valence-electron chi connectivity index (χ0n) is 8.84. The van der Waals surface area contributed by atoms with Crippen LogP contribution in [-0.2, 0) is 13.6 Å². The summed E-state index contributed by atoms with van der Waals surface area (Å²) in [6, 6.07) is 4.02. The first kappa shape index (κ1) is 9.92. The summed E-state index contributed by atoms with van der Waals surface area (Å²) >= 11 is 0. The largest absolute Gasteiger partial charge is 0.468 e. The molecule has 15 heavy (non-hydrogen) atoms. The molecule has 2 rings (SSSR count). The zero-order chi connectivity index (χ0) is 10.7. The molecule has 0 aliphatic heterocycles. The van der Waals surface area contributed by atoms with Crippen molar-refractivity contribution in [2.24, 2.45) is 7.05 Å². The standard InChI is InChI=1S/C10H14N4O/c1-8(10-4-3-5-15-10)11-6-9-7-14(2)13-12-9/h3-5,7-8,11H,6H2,1-2H3/t8-/m1/s1. The van der Waals surface area contributed by atoms with E-state index in [0.29, 0.717) is 6.54 Å². The molecule has 1 atom stereocenters. The number of furan rings is 1. The Hall–Kier alpha value is -1.62. The molecule has 0 aliphatic rings. The number of nitrogens with one attached hydrogen (secondary N) is 1. The Balaban J connectivity index is 1.88. The van der Waals surface area contributed by atoms with Gasteiger partial charge in [0.1, 0.15) is 5.76 Å². The summed E-state index contributed by atoms with van der Waals surface area (Å²) in [5.41, 5.74) is 0.927. The van der Waals surface area contributed by atoms with Gasteiger partial charge in [0, 0.05) is 19.8 Å². The van der Waals surface area contributed by atoms with Crippen LogP contribution < -0.4 is 5.32 Å². The molecule has 0 spiro atoms. The van der Waals surface area contributed by atoms with E-state index in [1.807, 2.05) is 25.4 Å². The summed E-state index contributed by atoms with van der Waals surface area (Å²) in [6.07, 6.45) is 3.57. The number of aromatic nitrogens is 3. The van der Waals surface area contributed by atoms with Crippen molar-refractivity contribution in [3.05, 3.63) is 36.0 Å². The van der Waals surface area contributed by atoms with Crippen LogP contribution in [0.5, 0.6) is 0 Å². The second kappa shape index (κ2) is 4.27.